The molecule has 31 heavy (non-hydrogen) atoms. The van der Waals surface area contributed by atoms with Crippen LogP contribution in [0.2, 0.25) is 5.28 Å². The van der Waals surface area contributed by atoms with Crippen molar-refractivity contribution in [1.29, 1.82) is 0 Å². The summed E-state index contributed by atoms with van der Waals surface area (Å²) in [7, 11) is 2.03. The van der Waals surface area contributed by atoms with Gasteiger partial charge in [-0.05, 0) is 24.4 Å². The molecule has 5 rings (SSSR count). The topological polar surface area (TPSA) is 71.8 Å². The highest BCUT2D eigenvalue weighted by molar-refractivity contribution is 6.28. The van der Waals surface area contributed by atoms with Crippen molar-refractivity contribution in [1.82, 2.24) is 29.3 Å². The van der Waals surface area contributed by atoms with Crippen molar-refractivity contribution in [2.75, 3.05) is 77.1 Å². The van der Waals surface area contributed by atoms with Gasteiger partial charge in [-0.15, -0.1) is 0 Å². The molecule has 3 aliphatic rings. The van der Waals surface area contributed by atoms with E-state index in [-0.39, 0.29) is 5.28 Å². The number of anilines is 1. The third kappa shape index (κ3) is 4.66. The first-order chi connectivity index (χ1) is 15.2. The lowest BCUT2D eigenvalue weighted by molar-refractivity contribution is 0.0139. The van der Waals surface area contributed by atoms with Crippen molar-refractivity contribution in [3.8, 4) is 0 Å². The lowest BCUT2D eigenvalue weighted by Crippen LogP contribution is -2.51. The molecule has 0 atom stereocenters. The van der Waals surface area contributed by atoms with Crippen molar-refractivity contribution < 1.29 is 9.47 Å². The number of hydrogen-bond acceptors (Lipinski definition) is 8. The fourth-order valence-electron chi connectivity index (χ4n) is 4.95. The van der Waals surface area contributed by atoms with Gasteiger partial charge in [0.1, 0.15) is 5.82 Å². The molecule has 10 heteroatoms. The summed E-state index contributed by atoms with van der Waals surface area (Å²) in [6, 6.07) is 0.706. The molecule has 170 valence electrons. The number of morpholine rings is 1. The molecule has 0 bridgehead atoms. The third-order valence-corrected chi connectivity index (χ3v) is 7.01. The average molecular weight is 450 g/mol. The second kappa shape index (κ2) is 9.54. The van der Waals surface area contributed by atoms with Gasteiger partial charge in [0.15, 0.2) is 17.0 Å². The van der Waals surface area contributed by atoms with E-state index < -0.39 is 0 Å². The molecule has 0 amide bonds. The molecule has 0 saturated carbocycles. The molecule has 3 saturated heterocycles. The second-order valence-corrected chi connectivity index (χ2v) is 8.98. The Balaban J connectivity index is 1.24. The van der Waals surface area contributed by atoms with Crippen LogP contribution in [0, 0.1) is 0 Å². The van der Waals surface area contributed by atoms with E-state index in [1.54, 1.807) is 0 Å². The zero-order chi connectivity index (χ0) is 21.2. The SMILES string of the molecule is Cn1c(CCN2CCN(C3CCOCC3)CC2)nc2c(N3CCOCC3)nc(Cl)nc21. The number of aromatic nitrogens is 4. The van der Waals surface area contributed by atoms with E-state index in [0.717, 1.165) is 88.3 Å². The number of ether oxygens (including phenoxy) is 2. The average Bonchev–Trinajstić information content (AvgIpc) is 3.14. The monoisotopic (exact) mass is 449 g/mol. The quantitative estimate of drug-likeness (QED) is 0.630. The predicted molar refractivity (Wildman–Crippen MR) is 120 cm³/mol. The van der Waals surface area contributed by atoms with Crippen LogP contribution >= 0.6 is 11.6 Å². The lowest BCUT2D eigenvalue weighted by Gasteiger charge is -2.40. The smallest absolute Gasteiger partial charge is 0.226 e. The maximum atomic E-state index is 6.26. The number of fused-ring (bicyclic) bond motifs is 1. The Labute approximate surface area is 188 Å². The van der Waals surface area contributed by atoms with Gasteiger partial charge in [0.2, 0.25) is 5.28 Å². The van der Waals surface area contributed by atoms with Gasteiger partial charge in [-0.3, -0.25) is 4.90 Å². The van der Waals surface area contributed by atoms with E-state index in [0.29, 0.717) is 19.3 Å². The number of nitrogens with zero attached hydrogens (tertiary/aromatic N) is 7. The second-order valence-electron chi connectivity index (χ2n) is 8.65. The van der Waals surface area contributed by atoms with E-state index in [9.17, 15) is 0 Å². The highest BCUT2D eigenvalue weighted by Crippen LogP contribution is 2.26. The maximum absolute atomic E-state index is 6.26. The van der Waals surface area contributed by atoms with Gasteiger partial charge >= 0.3 is 0 Å². The molecule has 0 aromatic carbocycles. The van der Waals surface area contributed by atoms with E-state index in [2.05, 4.69) is 29.2 Å². The molecule has 2 aromatic rings. The molecule has 0 radical (unpaired) electrons. The van der Waals surface area contributed by atoms with Crippen LogP contribution in [0.1, 0.15) is 18.7 Å². The van der Waals surface area contributed by atoms with E-state index in [4.69, 9.17) is 26.1 Å². The molecule has 0 unspecified atom stereocenters. The Morgan fingerprint density at radius 1 is 0.903 bits per heavy atom. The van der Waals surface area contributed by atoms with Crippen LogP contribution in [-0.2, 0) is 22.9 Å². The Morgan fingerprint density at radius 3 is 2.35 bits per heavy atom. The van der Waals surface area contributed by atoms with Crippen molar-refractivity contribution in [2.24, 2.45) is 7.05 Å². The van der Waals surface area contributed by atoms with E-state index >= 15 is 0 Å². The highest BCUT2D eigenvalue weighted by Gasteiger charge is 2.26. The molecule has 0 aliphatic carbocycles. The van der Waals surface area contributed by atoms with Crippen molar-refractivity contribution in [3.63, 3.8) is 0 Å². The standard InChI is InChI=1S/C21H32ClN7O2/c1-26-17(2-5-27-6-8-28(9-7-27)16-3-12-30-13-4-16)23-18-19(26)24-21(22)25-20(18)29-10-14-31-15-11-29/h16H,2-15H2,1H3. The van der Waals surface area contributed by atoms with Gasteiger partial charge in [-0.25, -0.2) is 4.98 Å². The minimum atomic E-state index is 0.271. The number of rotatable bonds is 5. The first kappa shape index (κ1) is 21.3. The summed E-state index contributed by atoms with van der Waals surface area (Å²) in [5.41, 5.74) is 1.65. The zero-order valence-corrected chi connectivity index (χ0v) is 19.1. The normalized spacial score (nSPS) is 22.5. The van der Waals surface area contributed by atoms with Gasteiger partial charge in [-0.1, -0.05) is 0 Å². The summed E-state index contributed by atoms with van der Waals surface area (Å²) in [4.78, 5) is 21.3. The summed E-state index contributed by atoms with van der Waals surface area (Å²) >= 11 is 6.26. The van der Waals surface area contributed by atoms with Gasteiger partial charge in [0, 0.05) is 78.5 Å². The van der Waals surface area contributed by atoms with Gasteiger partial charge in [0.05, 0.1) is 13.2 Å². The van der Waals surface area contributed by atoms with E-state index in [1.165, 1.54) is 12.8 Å². The molecular formula is C21H32ClN7O2. The Kier molecular flexibility index (Phi) is 6.56. The first-order valence-corrected chi connectivity index (χ1v) is 11.8. The Bertz CT molecular complexity index is 887. The lowest BCUT2D eigenvalue weighted by atomic mass is 10.1. The fraction of sp³-hybridized carbons (Fsp3) is 0.762. The number of aryl methyl sites for hydroxylation is 1. The molecule has 5 heterocycles. The largest absolute Gasteiger partial charge is 0.381 e. The molecule has 2 aromatic heterocycles. The Morgan fingerprint density at radius 2 is 1.61 bits per heavy atom. The van der Waals surface area contributed by atoms with Gasteiger partial charge in [-0.2, -0.15) is 9.97 Å². The van der Waals surface area contributed by atoms with Gasteiger partial charge in [0.25, 0.3) is 0 Å². The maximum Gasteiger partial charge on any atom is 0.226 e. The van der Waals surface area contributed by atoms with Crippen LogP contribution in [0.15, 0.2) is 0 Å². The highest BCUT2D eigenvalue weighted by atomic mass is 35.5. The van der Waals surface area contributed by atoms with Crippen LogP contribution in [0.25, 0.3) is 11.2 Å². The molecule has 0 spiro atoms. The fourth-order valence-corrected chi connectivity index (χ4v) is 5.11. The van der Waals surface area contributed by atoms with Crippen LogP contribution in [-0.4, -0.2) is 108 Å². The van der Waals surface area contributed by atoms with Crippen molar-refractivity contribution >= 4 is 28.6 Å². The van der Waals surface area contributed by atoms with Crippen LogP contribution in [0.5, 0.6) is 0 Å². The Hall–Kier alpha value is -1.52. The number of hydrogen-bond donors (Lipinski definition) is 0. The first-order valence-electron chi connectivity index (χ1n) is 11.4. The molecule has 3 fully saturated rings. The van der Waals surface area contributed by atoms with Crippen molar-refractivity contribution in [3.05, 3.63) is 11.1 Å². The van der Waals surface area contributed by atoms with Crippen LogP contribution in [0.4, 0.5) is 5.82 Å². The number of imidazole rings is 1. The van der Waals surface area contributed by atoms with Gasteiger partial charge < -0.3 is 23.8 Å². The van der Waals surface area contributed by atoms with Crippen LogP contribution in [0.3, 0.4) is 0 Å². The minimum absolute atomic E-state index is 0.271. The summed E-state index contributed by atoms with van der Waals surface area (Å²) in [6.07, 6.45) is 3.24. The summed E-state index contributed by atoms with van der Waals surface area (Å²) in [6.45, 7) is 10.4. The van der Waals surface area contributed by atoms with Crippen LogP contribution < -0.4 is 4.90 Å². The predicted octanol–water partition coefficient (Wildman–Crippen LogP) is 1.19. The zero-order valence-electron chi connectivity index (χ0n) is 18.3. The third-order valence-electron chi connectivity index (χ3n) is 6.84. The summed E-state index contributed by atoms with van der Waals surface area (Å²) < 4.78 is 13.1. The molecular weight excluding hydrogens is 418 g/mol. The summed E-state index contributed by atoms with van der Waals surface area (Å²) in [5, 5.41) is 0.271. The number of halogens is 1. The van der Waals surface area contributed by atoms with Crippen molar-refractivity contribution in [2.45, 2.75) is 25.3 Å². The number of piperazine rings is 1. The molecule has 9 nitrogen and oxygen atoms in total. The molecule has 0 N–H and O–H groups in total. The summed E-state index contributed by atoms with van der Waals surface area (Å²) in [5.74, 6) is 1.86. The van der Waals surface area contributed by atoms with E-state index in [1.807, 2.05) is 7.05 Å². The minimum Gasteiger partial charge on any atom is -0.381 e. The molecule has 3 aliphatic heterocycles.